The van der Waals surface area contributed by atoms with Gasteiger partial charge in [-0.15, -0.1) is 0 Å². The predicted octanol–water partition coefficient (Wildman–Crippen LogP) is 0.115. The lowest BCUT2D eigenvalue weighted by atomic mass is 10.2. The van der Waals surface area contributed by atoms with E-state index in [-0.39, 0.29) is 12.0 Å². The highest BCUT2D eigenvalue weighted by Gasteiger charge is 2.48. The van der Waals surface area contributed by atoms with Crippen molar-refractivity contribution < 1.29 is 9.53 Å². The van der Waals surface area contributed by atoms with Crippen molar-refractivity contribution in [2.24, 2.45) is 5.73 Å². The fourth-order valence-corrected chi connectivity index (χ4v) is 1.84. The zero-order chi connectivity index (χ0) is 10.2. The van der Waals surface area contributed by atoms with E-state index in [1.54, 1.807) is 0 Å². The largest absolute Gasteiger partial charge is 0.377 e. The van der Waals surface area contributed by atoms with Gasteiger partial charge in [-0.05, 0) is 26.2 Å². The van der Waals surface area contributed by atoms with Gasteiger partial charge in [0.2, 0.25) is 5.91 Å². The molecule has 0 spiro atoms. The SMILES string of the molecule is CC1CN(C(=O)C2(N)CC2)CCCO1. The summed E-state index contributed by atoms with van der Waals surface area (Å²) >= 11 is 0. The maximum atomic E-state index is 11.9. The quantitative estimate of drug-likeness (QED) is 0.651. The number of nitrogens with two attached hydrogens (primary N) is 1. The number of hydrogen-bond donors (Lipinski definition) is 1. The first-order valence-electron chi connectivity index (χ1n) is 5.32. The molecular formula is C10H18N2O2. The second-order valence-corrected chi connectivity index (χ2v) is 4.44. The molecule has 1 saturated heterocycles. The molecule has 1 saturated carbocycles. The lowest BCUT2D eigenvalue weighted by Crippen LogP contribution is -2.47. The Morgan fingerprint density at radius 1 is 1.57 bits per heavy atom. The topological polar surface area (TPSA) is 55.6 Å². The first-order chi connectivity index (χ1) is 6.62. The maximum absolute atomic E-state index is 11.9. The first kappa shape index (κ1) is 9.93. The first-order valence-corrected chi connectivity index (χ1v) is 5.32. The summed E-state index contributed by atoms with van der Waals surface area (Å²) in [5.41, 5.74) is 5.36. The van der Waals surface area contributed by atoms with Crippen LogP contribution in [0.25, 0.3) is 0 Å². The van der Waals surface area contributed by atoms with Crippen molar-refractivity contribution in [3.8, 4) is 0 Å². The molecule has 1 atom stereocenters. The second-order valence-electron chi connectivity index (χ2n) is 4.44. The van der Waals surface area contributed by atoms with Crippen molar-refractivity contribution in [1.29, 1.82) is 0 Å². The summed E-state index contributed by atoms with van der Waals surface area (Å²) in [6, 6.07) is 0. The number of carbonyl (C=O) groups excluding carboxylic acids is 1. The van der Waals surface area contributed by atoms with Gasteiger partial charge >= 0.3 is 0 Å². The number of hydrogen-bond acceptors (Lipinski definition) is 3. The van der Waals surface area contributed by atoms with Crippen molar-refractivity contribution in [2.45, 2.75) is 37.8 Å². The van der Waals surface area contributed by atoms with Crippen LogP contribution in [-0.2, 0) is 9.53 Å². The van der Waals surface area contributed by atoms with Gasteiger partial charge in [0.15, 0.2) is 0 Å². The predicted molar refractivity (Wildman–Crippen MR) is 52.8 cm³/mol. The Balaban J connectivity index is 1.98. The Morgan fingerprint density at radius 2 is 2.29 bits per heavy atom. The molecule has 0 aromatic heterocycles. The third-order valence-corrected chi connectivity index (χ3v) is 2.95. The molecule has 80 valence electrons. The Hall–Kier alpha value is -0.610. The fraction of sp³-hybridized carbons (Fsp3) is 0.900. The Kier molecular flexibility index (Phi) is 2.49. The molecule has 2 rings (SSSR count). The molecule has 14 heavy (non-hydrogen) atoms. The van der Waals surface area contributed by atoms with E-state index in [1.807, 2.05) is 11.8 Å². The average molecular weight is 198 g/mol. The molecule has 0 aromatic carbocycles. The number of ether oxygens (including phenoxy) is 1. The lowest BCUT2D eigenvalue weighted by Gasteiger charge is -2.25. The van der Waals surface area contributed by atoms with E-state index in [2.05, 4.69) is 0 Å². The maximum Gasteiger partial charge on any atom is 0.242 e. The minimum atomic E-state index is -0.524. The Labute approximate surface area is 84.4 Å². The number of nitrogens with zero attached hydrogens (tertiary/aromatic N) is 1. The smallest absolute Gasteiger partial charge is 0.242 e. The summed E-state index contributed by atoms with van der Waals surface area (Å²) in [6.45, 7) is 4.24. The van der Waals surface area contributed by atoms with Gasteiger partial charge in [-0.1, -0.05) is 0 Å². The molecular weight excluding hydrogens is 180 g/mol. The van der Waals surface area contributed by atoms with Crippen LogP contribution >= 0.6 is 0 Å². The van der Waals surface area contributed by atoms with E-state index >= 15 is 0 Å². The molecule has 2 aliphatic rings. The van der Waals surface area contributed by atoms with Crippen molar-refractivity contribution in [3.63, 3.8) is 0 Å². The van der Waals surface area contributed by atoms with Crippen molar-refractivity contribution in [3.05, 3.63) is 0 Å². The van der Waals surface area contributed by atoms with Crippen LogP contribution < -0.4 is 5.73 Å². The summed E-state index contributed by atoms with van der Waals surface area (Å²) in [5, 5.41) is 0. The molecule has 0 bridgehead atoms. The van der Waals surface area contributed by atoms with Crippen LogP contribution in [0.15, 0.2) is 0 Å². The molecule has 1 unspecified atom stereocenters. The average Bonchev–Trinajstić information content (AvgIpc) is 2.91. The van der Waals surface area contributed by atoms with Crippen LogP contribution in [0.2, 0.25) is 0 Å². The van der Waals surface area contributed by atoms with Crippen molar-refractivity contribution in [2.75, 3.05) is 19.7 Å². The normalized spacial score (nSPS) is 31.0. The Bertz CT molecular complexity index is 238. The molecule has 2 N–H and O–H groups in total. The monoisotopic (exact) mass is 198 g/mol. The highest BCUT2D eigenvalue weighted by Crippen LogP contribution is 2.34. The van der Waals surface area contributed by atoms with Gasteiger partial charge in [-0.3, -0.25) is 4.79 Å². The zero-order valence-electron chi connectivity index (χ0n) is 8.66. The van der Waals surface area contributed by atoms with Crippen LogP contribution in [-0.4, -0.2) is 42.1 Å². The molecule has 4 nitrogen and oxygen atoms in total. The van der Waals surface area contributed by atoms with E-state index in [0.29, 0.717) is 6.54 Å². The van der Waals surface area contributed by atoms with E-state index in [9.17, 15) is 4.79 Å². The highest BCUT2D eigenvalue weighted by molar-refractivity contribution is 5.89. The van der Waals surface area contributed by atoms with E-state index in [0.717, 1.165) is 32.4 Å². The summed E-state index contributed by atoms with van der Waals surface area (Å²) in [7, 11) is 0. The van der Waals surface area contributed by atoms with Gasteiger partial charge in [0.05, 0.1) is 11.6 Å². The Morgan fingerprint density at radius 3 is 2.93 bits per heavy atom. The van der Waals surface area contributed by atoms with Gasteiger partial charge in [-0.2, -0.15) is 0 Å². The van der Waals surface area contributed by atoms with Crippen LogP contribution in [0.5, 0.6) is 0 Å². The summed E-state index contributed by atoms with van der Waals surface area (Å²) in [5.74, 6) is 0.120. The van der Waals surface area contributed by atoms with Gasteiger partial charge in [-0.25, -0.2) is 0 Å². The lowest BCUT2D eigenvalue weighted by molar-refractivity contribution is -0.134. The van der Waals surface area contributed by atoms with Crippen LogP contribution in [0.4, 0.5) is 0 Å². The van der Waals surface area contributed by atoms with Gasteiger partial charge in [0.25, 0.3) is 0 Å². The third kappa shape index (κ3) is 1.91. The van der Waals surface area contributed by atoms with Crippen LogP contribution in [0, 0.1) is 0 Å². The van der Waals surface area contributed by atoms with Crippen molar-refractivity contribution in [1.82, 2.24) is 4.90 Å². The fourth-order valence-electron chi connectivity index (χ4n) is 1.84. The molecule has 0 radical (unpaired) electrons. The number of rotatable bonds is 1. The minimum Gasteiger partial charge on any atom is -0.377 e. The number of amides is 1. The molecule has 1 aliphatic heterocycles. The molecule has 1 heterocycles. The number of carbonyl (C=O) groups is 1. The highest BCUT2D eigenvalue weighted by atomic mass is 16.5. The van der Waals surface area contributed by atoms with Crippen LogP contribution in [0.1, 0.15) is 26.2 Å². The molecule has 1 amide bonds. The standard InChI is InChI=1S/C10H18N2O2/c1-8-7-12(5-2-6-14-8)9(13)10(11)3-4-10/h8H,2-7,11H2,1H3. The summed E-state index contributed by atoms with van der Waals surface area (Å²) in [6.07, 6.45) is 2.75. The van der Waals surface area contributed by atoms with Gasteiger partial charge in [0.1, 0.15) is 0 Å². The van der Waals surface area contributed by atoms with E-state index in [4.69, 9.17) is 10.5 Å². The second kappa shape index (κ2) is 3.51. The molecule has 2 fully saturated rings. The van der Waals surface area contributed by atoms with Gasteiger partial charge in [0, 0.05) is 19.7 Å². The summed E-state index contributed by atoms with van der Waals surface area (Å²) in [4.78, 5) is 13.8. The molecule has 4 heteroatoms. The van der Waals surface area contributed by atoms with E-state index in [1.165, 1.54) is 0 Å². The third-order valence-electron chi connectivity index (χ3n) is 2.95. The molecule has 1 aliphatic carbocycles. The van der Waals surface area contributed by atoms with Crippen LogP contribution in [0.3, 0.4) is 0 Å². The summed E-state index contributed by atoms with van der Waals surface area (Å²) < 4.78 is 5.48. The molecule has 0 aromatic rings. The minimum absolute atomic E-state index is 0.120. The van der Waals surface area contributed by atoms with Gasteiger partial charge < -0.3 is 15.4 Å². The van der Waals surface area contributed by atoms with Crippen molar-refractivity contribution >= 4 is 5.91 Å². The van der Waals surface area contributed by atoms with E-state index < -0.39 is 5.54 Å². The zero-order valence-corrected chi connectivity index (χ0v) is 8.66.